The van der Waals surface area contributed by atoms with Gasteiger partial charge in [-0.25, -0.2) is 13.2 Å². The molecule has 5 atom stereocenters. The Labute approximate surface area is 213 Å². The minimum absolute atomic E-state index is 0.00139. The van der Waals surface area contributed by atoms with Gasteiger partial charge in [-0.3, -0.25) is 19.6 Å². The molecule has 11 heteroatoms. The molecule has 1 aliphatic heterocycles. The van der Waals surface area contributed by atoms with Crippen molar-refractivity contribution in [1.29, 1.82) is 0 Å². The third-order valence-electron chi connectivity index (χ3n) is 6.60. The lowest BCUT2D eigenvalue weighted by atomic mass is 9.96. The fourth-order valence-electron chi connectivity index (χ4n) is 4.78. The van der Waals surface area contributed by atoms with Gasteiger partial charge in [0.25, 0.3) is 5.91 Å². The molecule has 37 heavy (non-hydrogen) atoms. The minimum Gasteiger partial charge on any atom is -0.353 e. The molecule has 1 saturated carbocycles. The highest BCUT2D eigenvalue weighted by Crippen LogP contribution is 2.34. The van der Waals surface area contributed by atoms with Gasteiger partial charge in [0.1, 0.15) is 18.4 Å². The summed E-state index contributed by atoms with van der Waals surface area (Å²) in [6, 6.07) is 6.93. The van der Waals surface area contributed by atoms with E-state index in [-0.39, 0.29) is 36.4 Å². The lowest BCUT2D eigenvalue weighted by Gasteiger charge is -2.28. The molecule has 2 aliphatic rings. The van der Waals surface area contributed by atoms with Crippen molar-refractivity contribution in [1.82, 2.24) is 20.6 Å². The van der Waals surface area contributed by atoms with Crippen molar-refractivity contribution in [3.05, 3.63) is 53.6 Å². The fraction of sp³-hybridized carbons (Fsp3) is 0.462. The molecule has 3 N–H and O–H groups in total. The van der Waals surface area contributed by atoms with Crippen LogP contribution in [0.15, 0.2) is 41.6 Å². The first-order chi connectivity index (χ1) is 17.5. The van der Waals surface area contributed by atoms with E-state index in [1.165, 1.54) is 6.07 Å². The molecule has 1 aromatic heterocycles. The third kappa shape index (κ3) is 6.58. The summed E-state index contributed by atoms with van der Waals surface area (Å²) >= 11 is 0. The van der Waals surface area contributed by atoms with Crippen LogP contribution in [-0.2, 0) is 4.79 Å². The molecule has 8 nitrogen and oxygen atoms in total. The molecule has 1 aromatic carbocycles. The van der Waals surface area contributed by atoms with Gasteiger partial charge in [-0.15, -0.1) is 0 Å². The van der Waals surface area contributed by atoms with Crippen molar-refractivity contribution in [3.63, 3.8) is 0 Å². The molecule has 0 bridgehead atoms. The van der Waals surface area contributed by atoms with Gasteiger partial charge in [0.05, 0.1) is 30.2 Å². The van der Waals surface area contributed by atoms with Crippen molar-refractivity contribution in [2.45, 2.75) is 57.0 Å². The molecule has 0 spiro atoms. The zero-order valence-corrected chi connectivity index (χ0v) is 21.0. The van der Waals surface area contributed by atoms with Crippen LogP contribution in [0.1, 0.15) is 42.2 Å². The van der Waals surface area contributed by atoms with Gasteiger partial charge < -0.3 is 16.0 Å². The number of alkyl halides is 2. The number of hydrazone groups is 1. The lowest BCUT2D eigenvalue weighted by Crippen LogP contribution is -2.56. The number of likely N-dealkylation sites (N-methyl/N-ethyl adjacent to an activating group) is 1. The molecule has 0 radical (unpaired) electrons. The van der Waals surface area contributed by atoms with E-state index in [9.17, 15) is 22.8 Å². The zero-order chi connectivity index (χ0) is 26.7. The highest BCUT2D eigenvalue weighted by molar-refractivity contribution is 5.99. The number of pyridine rings is 1. The number of carbonyl (C=O) groups excluding carboxylic acids is 2. The maximum atomic E-state index is 14.1. The second kappa shape index (κ2) is 10.8. The van der Waals surface area contributed by atoms with Crippen molar-refractivity contribution >= 4 is 29.4 Å². The standard InChI is InChI=1S/C26H31F3N6O2/c1-15-7-22(21(29)12-30-15)32-18-6-4-5-17(11-18)24(36)33-23(10-16-8-19(27)20(28)9-16)25(37)34-26(2)13-31-35(3)14-26/h4-7,11-13,16,19-20,23H,8-10,14H2,1-3H3,(H,30,32)(H,33,36)(H,34,37)/t16?,19-,20+,23-,26?/m0/s1. The highest BCUT2D eigenvalue weighted by Gasteiger charge is 2.39. The fourth-order valence-corrected chi connectivity index (χ4v) is 4.78. The molecule has 2 unspecified atom stereocenters. The summed E-state index contributed by atoms with van der Waals surface area (Å²) < 4.78 is 41.8. The van der Waals surface area contributed by atoms with Crippen molar-refractivity contribution in [2.24, 2.45) is 11.0 Å². The Hall–Kier alpha value is -3.63. The summed E-state index contributed by atoms with van der Waals surface area (Å²) in [5.41, 5.74) is 0.790. The normalized spacial score (nSPS) is 25.7. The monoisotopic (exact) mass is 516 g/mol. The van der Waals surface area contributed by atoms with Crippen LogP contribution in [0.2, 0.25) is 0 Å². The van der Waals surface area contributed by atoms with Crippen molar-refractivity contribution < 1.29 is 22.8 Å². The number of nitrogens with one attached hydrogen (secondary N) is 3. The van der Waals surface area contributed by atoms with Gasteiger partial charge in [-0.05, 0) is 63.3 Å². The summed E-state index contributed by atoms with van der Waals surface area (Å²) in [7, 11) is 1.77. The Morgan fingerprint density at radius 3 is 2.62 bits per heavy atom. The van der Waals surface area contributed by atoms with Gasteiger partial charge in [-0.1, -0.05) is 6.07 Å². The maximum Gasteiger partial charge on any atom is 0.252 e. The van der Waals surface area contributed by atoms with Crippen LogP contribution >= 0.6 is 0 Å². The number of anilines is 2. The number of halogens is 3. The van der Waals surface area contributed by atoms with Crippen LogP contribution in [0, 0.1) is 18.7 Å². The van der Waals surface area contributed by atoms with Crippen LogP contribution in [0.25, 0.3) is 0 Å². The van der Waals surface area contributed by atoms with E-state index in [4.69, 9.17) is 0 Å². The molecule has 198 valence electrons. The zero-order valence-electron chi connectivity index (χ0n) is 21.0. The number of nitrogens with zero attached hydrogens (tertiary/aromatic N) is 3. The molecule has 0 saturated heterocycles. The van der Waals surface area contributed by atoms with Gasteiger partial charge in [0.15, 0.2) is 5.82 Å². The minimum atomic E-state index is -1.57. The van der Waals surface area contributed by atoms with Crippen LogP contribution in [0.4, 0.5) is 24.5 Å². The number of amides is 2. The third-order valence-corrected chi connectivity index (χ3v) is 6.60. The van der Waals surface area contributed by atoms with E-state index in [1.54, 1.807) is 56.4 Å². The Bertz CT molecular complexity index is 1180. The quantitative estimate of drug-likeness (QED) is 0.498. The first kappa shape index (κ1) is 26.4. The number of aryl methyl sites for hydroxylation is 1. The van der Waals surface area contributed by atoms with Gasteiger partial charge in [-0.2, -0.15) is 5.10 Å². The van der Waals surface area contributed by atoms with Gasteiger partial charge >= 0.3 is 0 Å². The summed E-state index contributed by atoms with van der Waals surface area (Å²) in [6.45, 7) is 3.98. The predicted octanol–water partition coefficient (Wildman–Crippen LogP) is 3.65. The van der Waals surface area contributed by atoms with E-state index < -0.39 is 41.6 Å². The van der Waals surface area contributed by atoms with Crippen LogP contribution < -0.4 is 16.0 Å². The summed E-state index contributed by atoms with van der Waals surface area (Å²) in [6.07, 6.45) is -0.325. The van der Waals surface area contributed by atoms with Crippen molar-refractivity contribution in [2.75, 3.05) is 18.9 Å². The van der Waals surface area contributed by atoms with E-state index in [1.807, 2.05) is 0 Å². The number of aromatic nitrogens is 1. The molecular weight excluding hydrogens is 485 g/mol. The van der Waals surface area contributed by atoms with Crippen LogP contribution in [-0.4, -0.2) is 65.5 Å². The average molecular weight is 517 g/mol. The number of hydrogen-bond acceptors (Lipinski definition) is 6. The molecule has 2 aromatic rings. The first-order valence-corrected chi connectivity index (χ1v) is 12.2. The topological polar surface area (TPSA) is 98.7 Å². The molecule has 1 aliphatic carbocycles. The molecule has 2 heterocycles. The Balaban J connectivity index is 1.49. The Morgan fingerprint density at radius 1 is 1.22 bits per heavy atom. The van der Waals surface area contributed by atoms with Crippen LogP contribution in [0.3, 0.4) is 0 Å². The second-order valence-electron chi connectivity index (χ2n) is 10.1. The SMILES string of the molecule is Cc1cc(Nc2cccc(C(=O)N[C@@H](CC3C[C@@H](F)[C@@H](F)C3)C(=O)NC3(C)C=NN(C)C3)c2)c(F)cn1. The maximum absolute atomic E-state index is 14.1. The highest BCUT2D eigenvalue weighted by atomic mass is 19.2. The van der Waals surface area contributed by atoms with E-state index in [2.05, 4.69) is 26.0 Å². The predicted molar refractivity (Wildman–Crippen MR) is 135 cm³/mol. The van der Waals surface area contributed by atoms with Gasteiger partial charge in [0.2, 0.25) is 5.91 Å². The summed E-state index contributed by atoms with van der Waals surface area (Å²) in [5, 5.41) is 14.4. The molecule has 4 rings (SSSR count). The Kier molecular flexibility index (Phi) is 7.70. The first-order valence-electron chi connectivity index (χ1n) is 12.2. The Morgan fingerprint density at radius 2 is 1.95 bits per heavy atom. The lowest BCUT2D eigenvalue weighted by molar-refractivity contribution is -0.124. The number of hydrogen-bond donors (Lipinski definition) is 3. The van der Waals surface area contributed by atoms with Crippen LogP contribution in [0.5, 0.6) is 0 Å². The number of benzene rings is 1. The van der Waals surface area contributed by atoms with E-state index in [0.717, 1.165) is 6.20 Å². The number of rotatable bonds is 8. The summed E-state index contributed by atoms with van der Waals surface area (Å²) in [4.78, 5) is 30.3. The average Bonchev–Trinajstić information content (AvgIpc) is 3.34. The smallest absolute Gasteiger partial charge is 0.252 e. The van der Waals surface area contributed by atoms with Gasteiger partial charge in [0, 0.05) is 24.0 Å². The summed E-state index contributed by atoms with van der Waals surface area (Å²) in [5.74, 6) is -1.93. The molecule has 2 amide bonds. The van der Waals surface area contributed by atoms with E-state index in [0.29, 0.717) is 17.9 Å². The largest absolute Gasteiger partial charge is 0.353 e. The number of carbonyl (C=O) groups is 2. The second-order valence-corrected chi connectivity index (χ2v) is 10.1. The van der Waals surface area contributed by atoms with Crippen molar-refractivity contribution in [3.8, 4) is 0 Å². The molecular formula is C26H31F3N6O2. The molecule has 1 fully saturated rings. The van der Waals surface area contributed by atoms with E-state index >= 15 is 0 Å².